The zero-order valence-electron chi connectivity index (χ0n) is 14.5. The number of nitrogens with zero attached hydrogens (tertiary/aromatic N) is 4. The van der Waals surface area contributed by atoms with Crippen LogP contribution in [0.1, 0.15) is 30.3 Å². The Hall–Kier alpha value is -2.99. The van der Waals surface area contributed by atoms with E-state index in [0.717, 1.165) is 4.68 Å². The molecule has 142 valence electrons. The predicted molar refractivity (Wildman–Crippen MR) is 93.4 cm³/mol. The Bertz CT molecular complexity index is 891. The summed E-state index contributed by atoms with van der Waals surface area (Å²) in [6.07, 6.45) is -1.41. The number of aromatic nitrogens is 3. The number of hydrogen-bond acceptors (Lipinski definition) is 6. The molecule has 0 atom stereocenters. The number of aryl methyl sites for hydroxylation is 1. The van der Waals surface area contributed by atoms with Crippen LogP contribution < -0.4 is 5.32 Å². The summed E-state index contributed by atoms with van der Waals surface area (Å²) in [5, 5.41) is 15.8. The van der Waals surface area contributed by atoms with E-state index >= 15 is 0 Å². The highest BCUT2D eigenvalue weighted by atomic mass is 35.5. The Morgan fingerprint density at radius 1 is 1.48 bits per heavy atom. The molecule has 2 rings (SSSR count). The first-order valence-electron chi connectivity index (χ1n) is 7.86. The van der Waals surface area contributed by atoms with Crippen LogP contribution in [0.4, 0.5) is 8.78 Å². The van der Waals surface area contributed by atoms with Gasteiger partial charge in [-0.2, -0.15) is 10.4 Å². The number of hydrogen-bond donors (Lipinski definition) is 1. The van der Waals surface area contributed by atoms with Gasteiger partial charge in [0.2, 0.25) is 0 Å². The van der Waals surface area contributed by atoms with E-state index in [1.807, 2.05) is 0 Å². The number of pyridine rings is 1. The molecule has 0 aliphatic heterocycles. The molecule has 27 heavy (non-hydrogen) atoms. The average Bonchev–Trinajstić information content (AvgIpc) is 2.95. The van der Waals surface area contributed by atoms with Crippen molar-refractivity contribution in [3.05, 3.63) is 52.1 Å². The van der Waals surface area contributed by atoms with Crippen molar-refractivity contribution in [1.82, 2.24) is 20.1 Å². The summed E-state index contributed by atoms with van der Waals surface area (Å²) < 4.78 is 32.8. The van der Waals surface area contributed by atoms with Gasteiger partial charge in [-0.25, -0.2) is 13.6 Å². The maximum atomic E-state index is 13.5. The second-order valence-electron chi connectivity index (χ2n) is 5.23. The molecule has 0 radical (unpaired) electrons. The monoisotopic (exact) mass is 395 g/mol. The number of nitriles is 1. The molecule has 0 aliphatic carbocycles. The molecule has 0 aliphatic rings. The number of nitrogens with one attached hydrogen (secondary N) is 1. The Morgan fingerprint density at radius 2 is 2.22 bits per heavy atom. The third kappa shape index (κ3) is 4.60. The molecule has 0 bridgehead atoms. The highest BCUT2D eigenvalue weighted by Crippen LogP contribution is 2.33. The van der Waals surface area contributed by atoms with E-state index in [1.165, 1.54) is 7.05 Å². The zero-order valence-corrected chi connectivity index (χ0v) is 15.3. The Balaban J connectivity index is 2.60. The van der Waals surface area contributed by atoms with Gasteiger partial charge in [0.05, 0.1) is 30.1 Å². The van der Waals surface area contributed by atoms with E-state index in [2.05, 4.69) is 15.4 Å². The molecular weight excluding hydrogens is 380 g/mol. The normalized spacial score (nSPS) is 11.7. The third-order valence-corrected chi connectivity index (χ3v) is 3.91. The second kappa shape index (κ2) is 9.09. The Labute approximate surface area is 159 Å². The van der Waals surface area contributed by atoms with Gasteiger partial charge in [0.25, 0.3) is 6.43 Å². The van der Waals surface area contributed by atoms with Crippen LogP contribution in [0.15, 0.2) is 30.0 Å². The fourth-order valence-corrected chi connectivity index (χ4v) is 2.53. The SMILES string of the molecule is CCOC(=O)/C(C#N)=C(\NCc1ccccn1)c1c(C(F)F)nn(C)c1Cl. The fourth-order valence-electron chi connectivity index (χ4n) is 2.30. The van der Waals surface area contributed by atoms with Crippen LogP contribution in [0.3, 0.4) is 0 Å². The summed E-state index contributed by atoms with van der Waals surface area (Å²) in [6.45, 7) is 1.64. The van der Waals surface area contributed by atoms with Crippen LogP contribution in [0.5, 0.6) is 0 Å². The molecule has 0 fully saturated rings. The average molecular weight is 396 g/mol. The van der Waals surface area contributed by atoms with Crippen molar-refractivity contribution in [3.8, 4) is 6.07 Å². The zero-order chi connectivity index (χ0) is 20.0. The van der Waals surface area contributed by atoms with Crippen molar-refractivity contribution in [2.75, 3.05) is 6.61 Å². The molecule has 0 amide bonds. The lowest BCUT2D eigenvalue weighted by atomic mass is 10.1. The first-order chi connectivity index (χ1) is 12.9. The van der Waals surface area contributed by atoms with Crippen molar-refractivity contribution in [2.24, 2.45) is 7.05 Å². The standard InChI is InChI=1S/C17H16ClF2N5O2/c1-3-27-17(26)11(8-21)13(23-9-10-6-4-5-7-22-10)12-14(16(19)20)24-25(2)15(12)18/h4-7,16,23H,3,9H2,1-2H3/b13-11-. The quantitative estimate of drug-likeness (QED) is 0.440. The summed E-state index contributed by atoms with van der Waals surface area (Å²) in [4.78, 5) is 16.3. The van der Waals surface area contributed by atoms with Gasteiger partial charge in [-0.3, -0.25) is 9.67 Å². The molecule has 0 unspecified atom stereocenters. The first-order valence-corrected chi connectivity index (χ1v) is 8.24. The van der Waals surface area contributed by atoms with Gasteiger partial charge in [-0.1, -0.05) is 17.7 Å². The third-order valence-electron chi connectivity index (χ3n) is 3.47. The summed E-state index contributed by atoms with van der Waals surface area (Å²) in [7, 11) is 1.38. The molecular formula is C17H16ClF2N5O2. The predicted octanol–water partition coefficient (Wildman–Crippen LogP) is 2.99. The lowest BCUT2D eigenvalue weighted by Gasteiger charge is -2.14. The molecule has 2 aromatic rings. The smallest absolute Gasteiger partial charge is 0.351 e. The van der Waals surface area contributed by atoms with Gasteiger partial charge in [0, 0.05) is 13.2 Å². The number of esters is 1. The maximum absolute atomic E-state index is 13.5. The van der Waals surface area contributed by atoms with Gasteiger partial charge in [-0.05, 0) is 19.1 Å². The van der Waals surface area contributed by atoms with Crippen molar-refractivity contribution in [2.45, 2.75) is 19.9 Å². The van der Waals surface area contributed by atoms with Crippen molar-refractivity contribution in [1.29, 1.82) is 5.26 Å². The van der Waals surface area contributed by atoms with Gasteiger partial charge in [0.15, 0.2) is 5.57 Å². The van der Waals surface area contributed by atoms with Crippen LogP contribution in [0, 0.1) is 11.3 Å². The molecule has 2 aromatic heterocycles. The summed E-state index contributed by atoms with van der Waals surface area (Å²) in [5.41, 5.74) is -0.980. The van der Waals surface area contributed by atoms with Gasteiger partial charge < -0.3 is 10.1 Å². The van der Waals surface area contributed by atoms with Crippen LogP contribution in [-0.4, -0.2) is 27.3 Å². The van der Waals surface area contributed by atoms with E-state index < -0.39 is 23.7 Å². The number of carbonyl (C=O) groups excluding carboxylic acids is 1. The minimum absolute atomic E-state index is 0.0139. The van der Waals surface area contributed by atoms with E-state index in [0.29, 0.717) is 5.69 Å². The van der Waals surface area contributed by atoms with Gasteiger partial charge in [0.1, 0.15) is 16.9 Å². The largest absolute Gasteiger partial charge is 0.462 e. The minimum atomic E-state index is -2.97. The Morgan fingerprint density at radius 3 is 2.78 bits per heavy atom. The Kier molecular flexibility index (Phi) is 6.85. The molecule has 0 saturated carbocycles. The minimum Gasteiger partial charge on any atom is -0.462 e. The number of alkyl halides is 2. The van der Waals surface area contributed by atoms with E-state index in [1.54, 1.807) is 37.4 Å². The highest BCUT2D eigenvalue weighted by Gasteiger charge is 2.29. The van der Waals surface area contributed by atoms with Crippen molar-refractivity contribution in [3.63, 3.8) is 0 Å². The number of carbonyl (C=O) groups is 1. The second-order valence-corrected chi connectivity index (χ2v) is 5.59. The van der Waals surface area contributed by atoms with Gasteiger partial charge >= 0.3 is 5.97 Å². The number of halogens is 3. The summed E-state index contributed by atoms with van der Waals surface area (Å²) in [6, 6.07) is 6.86. The fraction of sp³-hybridized carbons (Fsp3) is 0.294. The topological polar surface area (TPSA) is 92.8 Å². The molecule has 2 heterocycles. The van der Waals surface area contributed by atoms with Crippen LogP contribution in [-0.2, 0) is 23.1 Å². The molecule has 7 nitrogen and oxygen atoms in total. The maximum Gasteiger partial charge on any atom is 0.351 e. The van der Waals surface area contributed by atoms with E-state index in [-0.39, 0.29) is 29.6 Å². The molecule has 0 spiro atoms. The van der Waals surface area contributed by atoms with Crippen molar-refractivity contribution >= 4 is 23.3 Å². The first kappa shape index (κ1) is 20.3. The van der Waals surface area contributed by atoms with Crippen molar-refractivity contribution < 1.29 is 18.3 Å². The lowest BCUT2D eigenvalue weighted by Crippen LogP contribution is -2.20. The summed E-state index contributed by atoms with van der Waals surface area (Å²) in [5.74, 6) is -0.955. The number of ether oxygens (including phenoxy) is 1. The highest BCUT2D eigenvalue weighted by molar-refractivity contribution is 6.31. The molecule has 10 heteroatoms. The van der Waals surface area contributed by atoms with Gasteiger partial charge in [-0.15, -0.1) is 0 Å². The summed E-state index contributed by atoms with van der Waals surface area (Å²) >= 11 is 6.13. The molecule has 0 saturated heterocycles. The van der Waals surface area contributed by atoms with Crippen LogP contribution >= 0.6 is 11.6 Å². The van der Waals surface area contributed by atoms with Crippen LogP contribution in [0.25, 0.3) is 5.70 Å². The molecule has 0 aromatic carbocycles. The van der Waals surface area contributed by atoms with E-state index in [9.17, 15) is 18.8 Å². The lowest BCUT2D eigenvalue weighted by molar-refractivity contribution is -0.137. The molecule has 1 N–H and O–H groups in total. The van der Waals surface area contributed by atoms with Crippen LogP contribution in [0.2, 0.25) is 5.15 Å². The van der Waals surface area contributed by atoms with E-state index in [4.69, 9.17) is 16.3 Å². The number of rotatable bonds is 7.